The molecule has 6 nitrogen and oxygen atoms in total. The van der Waals surface area contributed by atoms with Gasteiger partial charge in [-0.15, -0.1) is 0 Å². The van der Waals surface area contributed by atoms with E-state index in [2.05, 4.69) is 20.0 Å². The van der Waals surface area contributed by atoms with Gasteiger partial charge in [0.2, 0.25) is 10.0 Å². The number of hydrogen-bond acceptors (Lipinski definition) is 4. The van der Waals surface area contributed by atoms with E-state index in [1.54, 1.807) is 12.4 Å². The van der Waals surface area contributed by atoms with E-state index >= 15 is 0 Å². The molecule has 0 radical (unpaired) electrons. The topological polar surface area (TPSA) is 86.9 Å². The number of hydrogen-bond donors (Lipinski definition) is 3. The fraction of sp³-hybridized carbons (Fsp3) is 0.667. The van der Waals surface area contributed by atoms with Crippen LogP contribution in [0.15, 0.2) is 12.4 Å². The van der Waals surface area contributed by atoms with Gasteiger partial charge < -0.3 is 10.3 Å². The number of H-pyrrole nitrogens is 1. The number of aromatic amines is 1. The van der Waals surface area contributed by atoms with Crippen molar-refractivity contribution >= 4 is 10.0 Å². The lowest BCUT2D eigenvalue weighted by molar-refractivity contribution is 0.565. The lowest BCUT2D eigenvalue weighted by Gasteiger charge is -2.08. The SMILES string of the molecule is CC(C)NCCS(=O)(=O)NCc1ncc[nH]1. The molecule has 92 valence electrons. The third kappa shape index (κ3) is 5.24. The highest BCUT2D eigenvalue weighted by molar-refractivity contribution is 7.89. The van der Waals surface area contributed by atoms with Crippen molar-refractivity contribution < 1.29 is 8.42 Å². The minimum Gasteiger partial charge on any atom is -0.347 e. The van der Waals surface area contributed by atoms with Gasteiger partial charge in [0.05, 0.1) is 12.3 Å². The van der Waals surface area contributed by atoms with Crippen molar-refractivity contribution in [1.82, 2.24) is 20.0 Å². The molecule has 0 fully saturated rings. The molecule has 1 heterocycles. The smallest absolute Gasteiger partial charge is 0.213 e. The Hall–Kier alpha value is -0.920. The first-order valence-electron chi connectivity index (χ1n) is 5.18. The Bertz CT molecular complexity index is 386. The van der Waals surface area contributed by atoms with Crippen molar-refractivity contribution in [3.05, 3.63) is 18.2 Å². The molecule has 0 unspecified atom stereocenters. The molecule has 0 amide bonds. The van der Waals surface area contributed by atoms with Crippen molar-refractivity contribution in [3.8, 4) is 0 Å². The van der Waals surface area contributed by atoms with E-state index in [9.17, 15) is 8.42 Å². The van der Waals surface area contributed by atoms with Gasteiger partial charge in [0.1, 0.15) is 5.82 Å². The van der Waals surface area contributed by atoms with E-state index in [1.807, 2.05) is 13.8 Å². The van der Waals surface area contributed by atoms with Crippen molar-refractivity contribution in [1.29, 1.82) is 0 Å². The quantitative estimate of drug-likeness (QED) is 0.623. The fourth-order valence-corrected chi connectivity index (χ4v) is 2.01. The Morgan fingerprint density at radius 1 is 1.50 bits per heavy atom. The van der Waals surface area contributed by atoms with Crippen LogP contribution in [0.2, 0.25) is 0 Å². The molecule has 0 saturated heterocycles. The van der Waals surface area contributed by atoms with Crippen LogP contribution in [0.25, 0.3) is 0 Å². The van der Waals surface area contributed by atoms with Crippen LogP contribution >= 0.6 is 0 Å². The molecule has 1 rings (SSSR count). The monoisotopic (exact) mass is 246 g/mol. The average Bonchev–Trinajstić information content (AvgIpc) is 2.66. The molecular weight excluding hydrogens is 228 g/mol. The molecule has 0 saturated carbocycles. The highest BCUT2D eigenvalue weighted by Gasteiger charge is 2.10. The number of imidazole rings is 1. The molecule has 0 bridgehead atoms. The van der Waals surface area contributed by atoms with Crippen molar-refractivity contribution in [3.63, 3.8) is 0 Å². The fourth-order valence-electron chi connectivity index (χ4n) is 1.13. The van der Waals surface area contributed by atoms with Crippen LogP contribution in [0.1, 0.15) is 19.7 Å². The normalized spacial score (nSPS) is 12.2. The molecule has 0 aliphatic carbocycles. The summed E-state index contributed by atoms with van der Waals surface area (Å²) in [5.74, 6) is 0.687. The molecule has 0 aliphatic heterocycles. The lowest BCUT2D eigenvalue weighted by Crippen LogP contribution is -2.34. The standard InChI is InChI=1S/C9H18N4O2S/c1-8(2)10-5-6-16(14,15)13-7-9-11-3-4-12-9/h3-4,8,10,13H,5-7H2,1-2H3,(H,11,12). The van der Waals surface area contributed by atoms with Gasteiger partial charge in [-0.25, -0.2) is 18.1 Å². The number of nitrogens with one attached hydrogen (secondary N) is 3. The largest absolute Gasteiger partial charge is 0.347 e. The summed E-state index contributed by atoms with van der Waals surface area (Å²) in [6, 6.07) is 0.292. The van der Waals surface area contributed by atoms with Crippen LogP contribution in [0.5, 0.6) is 0 Å². The number of nitrogens with zero attached hydrogens (tertiary/aromatic N) is 1. The van der Waals surface area contributed by atoms with Gasteiger partial charge in [-0.3, -0.25) is 0 Å². The molecule has 16 heavy (non-hydrogen) atoms. The van der Waals surface area contributed by atoms with E-state index in [4.69, 9.17) is 0 Å². The van der Waals surface area contributed by atoms with Crippen molar-refractivity contribution in [2.45, 2.75) is 26.4 Å². The third-order valence-corrected chi connectivity index (χ3v) is 3.26. The van der Waals surface area contributed by atoms with Gasteiger partial charge in [-0.1, -0.05) is 13.8 Å². The zero-order valence-electron chi connectivity index (χ0n) is 9.53. The first kappa shape index (κ1) is 13.1. The Morgan fingerprint density at radius 3 is 2.81 bits per heavy atom. The number of sulfonamides is 1. The minimum atomic E-state index is -3.23. The molecule has 1 aromatic rings. The third-order valence-electron chi connectivity index (χ3n) is 1.94. The van der Waals surface area contributed by atoms with E-state index in [0.29, 0.717) is 18.4 Å². The first-order chi connectivity index (χ1) is 7.49. The predicted octanol–water partition coefficient (Wildman–Crippen LogP) is -0.173. The molecule has 0 atom stereocenters. The summed E-state index contributed by atoms with van der Waals surface area (Å²) in [6.45, 7) is 4.61. The highest BCUT2D eigenvalue weighted by Crippen LogP contribution is 1.91. The maximum Gasteiger partial charge on any atom is 0.213 e. The summed E-state index contributed by atoms with van der Waals surface area (Å²) in [4.78, 5) is 6.76. The number of aromatic nitrogens is 2. The maximum absolute atomic E-state index is 11.5. The van der Waals surface area contributed by atoms with Crippen LogP contribution in [-0.4, -0.2) is 36.7 Å². The summed E-state index contributed by atoms with van der Waals surface area (Å²) in [5, 5.41) is 3.05. The van der Waals surface area contributed by atoms with Crippen LogP contribution < -0.4 is 10.0 Å². The van der Waals surface area contributed by atoms with Crippen LogP contribution in [-0.2, 0) is 16.6 Å². The Kier molecular flexibility index (Phi) is 4.91. The van der Waals surface area contributed by atoms with Gasteiger partial charge in [-0.2, -0.15) is 0 Å². The second-order valence-corrected chi connectivity index (χ2v) is 5.71. The second-order valence-electron chi connectivity index (χ2n) is 3.78. The van der Waals surface area contributed by atoms with Crippen LogP contribution in [0.3, 0.4) is 0 Å². The maximum atomic E-state index is 11.5. The highest BCUT2D eigenvalue weighted by atomic mass is 32.2. The molecule has 1 aromatic heterocycles. The molecule has 0 spiro atoms. The Balaban J connectivity index is 2.29. The summed E-state index contributed by atoms with van der Waals surface area (Å²) >= 11 is 0. The zero-order chi connectivity index (χ0) is 12.0. The predicted molar refractivity (Wildman–Crippen MR) is 62.4 cm³/mol. The summed E-state index contributed by atoms with van der Waals surface area (Å²) in [5.41, 5.74) is 0. The molecular formula is C9H18N4O2S. The van der Waals surface area contributed by atoms with Crippen LogP contribution in [0, 0.1) is 0 Å². The van der Waals surface area contributed by atoms with E-state index in [0.717, 1.165) is 0 Å². The molecule has 3 N–H and O–H groups in total. The zero-order valence-corrected chi connectivity index (χ0v) is 10.3. The average molecular weight is 246 g/mol. The van der Waals surface area contributed by atoms with E-state index in [1.165, 1.54) is 0 Å². The van der Waals surface area contributed by atoms with Crippen LogP contribution in [0.4, 0.5) is 0 Å². The first-order valence-corrected chi connectivity index (χ1v) is 6.84. The Morgan fingerprint density at radius 2 is 2.25 bits per heavy atom. The molecule has 0 aliphatic rings. The van der Waals surface area contributed by atoms with Crippen molar-refractivity contribution in [2.24, 2.45) is 0 Å². The van der Waals surface area contributed by atoms with Gasteiger partial charge in [-0.05, 0) is 0 Å². The number of rotatable bonds is 7. The molecule has 7 heteroatoms. The molecule has 0 aromatic carbocycles. The summed E-state index contributed by atoms with van der Waals surface area (Å²) in [7, 11) is -3.23. The Labute approximate surface area is 95.9 Å². The summed E-state index contributed by atoms with van der Waals surface area (Å²) < 4.78 is 25.5. The van der Waals surface area contributed by atoms with Crippen molar-refractivity contribution in [2.75, 3.05) is 12.3 Å². The second kappa shape index (κ2) is 5.97. The van der Waals surface area contributed by atoms with E-state index in [-0.39, 0.29) is 12.3 Å². The van der Waals surface area contributed by atoms with Gasteiger partial charge in [0.15, 0.2) is 0 Å². The minimum absolute atomic E-state index is 0.0753. The summed E-state index contributed by atoms with van der Waals surface area (Å²) in [6.07, 6.45) is 3.24. The lowest BCUT2D eigenvalue weighted by atomic mass is 10.4. The van der Waals surface area contributed by atoms with Gasteiger partial charge in [0, 0.05) is 25.0 Å². The van der Waals surface area contributed by atoms with Gasteiger partial charge in [0.25, 0.3) is 0 Å². The van der Waals surface area contributed by atoms with Gasteiger partial charge >= 0.3 is 0 Å². The van der Waals surface area contributed by atoms with E-state index < -0.39 is 10.0 Å².